The molecule has 2 heterocycles. The van der Waals surface area contributed by atoms with Gasteiger partial charge in [0.2, 0.25) is 0 Å². The molecule has 0 N–H and O–H groups in total. The van der Waals surface area contributed by atoms with Gasteiger partial charge in [-0.15, -0.1) is 0 Å². The van der Waals surface area contributed by atoms with Crippen LogP contribution in [0.1, 0.15) is 31.4 Å². The average molecular weight is 190 g/mol. The van der Waals surface area contributed by atoms with Gasteiger partial charge in [0, 0.05) is 18.4 Å². The van der Waals surface area contributed by atoms with Crippen LogP contribution in [0.2, 0.25) is 0 Å². The molecule has 1 aromatic heterocycles. The number of hydrogen-bond acceptors (Lipinski definition) is 2. The molecule has 2 nitrogen and oxygen atoms in total. The van der Waals surface area contributed by atoms with Crippen molar-refractivity contribution in [3.63, 3.8) is 0 Å². The zero-order valence-electron chi connectivity index (χ0n) is 8.98. The first kappa shape index (κ1) is 9.66. The summed E-state index contributed by atoms with van der Waals surface area (Å²) in [6, 6.07) is 4.82. The van der Waals surface area contributed by atoms with Gasteiger partial charge in [-0.2, -0.15) is 0 Å². The molecule has 76 valence electrons. The molecule has 1 saturated heterocycles. The van der Waals surface area contributed by atoms with Crippen molar-refractivity contribution in [1.82, 2.24) is 9.88 Å². The molecule has 1 fully saturated rings. The predicted octanol–water partition coefficient (Wildman–Crippen LogP) is 2.48. The summed E-state index contributed by atoms with van der Waals surface area (Å²) in [5.41, 5.74) is 1.37. The van der Waals surface area contributed by atoms with Gasteiger partial charge in [0.15, 0.2) is 0 Å². The largest absolute Gasteiger partial charge is 0.299 e. The first-order valence-electron chi connectivity index (χ1n) is 5.43. The van der Waals surface area contributed by atoms with E-state index in [0.717, 1.165) is 5.92 Å². The van der Waals surface area contributed by atoms with Crippen LogP contribution in [0, 0.1) is 5.92 Å². The Labute approximate surface area is 86.0 Å². The van der Waals surface area contributed by atoms with Crippen molar-refractivity contribution in [2.75, 3.05) is 13.6 Å². The maximum absolute atomic E-state index is 4.21. The normalized spacial score (nSPS) is 28.1. The minimum atomic E-state index is 0.591. The highest BCUT2D eigenvalue weighted by atomic mass is 15.2. The molecule has 0 spiro atoms. The number of likely N-dealkylation sites (tertiary alicyclic amines) is 1. The summed E-state index contributed by atoms with van der Waals surface area (Å²) in [6.45, 7) is 3.51. The molecule has 2 heteroatoms. The van der Waals surface area contributed by atoms with Crippen molar-refractivity contribution in [1.29, 1.82) is 0 Å². The molecular formula is C12H18N2. The highest BCUT2D eigenvalue weighted by Gasteiger charge is 2.31. The van der Waals surface area contributed by atoms with Crippen molar-refractivity contribution in [3.05, 3.63) is 30.1 Å². The van der Waals surface area contributed by atoms with E-state index in [1.54, 1.807) is 0 Å². The number of hydrogen-bond donors (Lipinski definition) is 0. The van der Waals surface area contributed by atoms with Crippen molar-refractivity contribution < 1.29 is 0 Å². The molecule has 1 aromatic rings. The van der Waals surface area contributed by atoms with E-state index in [2.05, 4.69) is 29.9 Å². The van der Waals surface area contributed by atoms with Gasteiger partial charge in [-0.25, -0.2) is 0 Å². The lowest BCUT2D eigenvalue weighted by Crippen LogP contribution is -2.20. The Kier molecular flexibility index (Phi) is 2.82. The van der Waals surface area contributed by atoms with Crippen LogP contribution >= 0.6 is 0 Å². The highest BCUT2D eigenvalue weighted by molar-refractivity contribution is 5.16. The van der Waals surface area contributed by atoms with E-state index < -0.39 is 0 Å². The molecule has 0 bridgehead atoms. The molecule has 1 aliphatic heterocycles. The first-order chi connectivity index (χ1) is 6.83. The fourth-order valence-corrected chi connectivity index (χ4v) is 2.53. The third-order valence-corrected chi connectivity index (χ3v) is 3.32. The lowest BCUT2D eigenvalue weighted by atomic mass is 9.93. The number of pyridine rings is 1. The second kappa shape index (κ2) is 4.09. The molecular weight excluding hydrogens is 172 g/mol. The Morgan fingerprint density at radius 3 is 3.07 bits per heavy atom. The van der Waals surface area contributed by atoms with Crippen LogP contribution in [-0.4, -0.2) is 23.5 Å². The fourth-order valence-electron chi connectivity index (χ4n) is 2.53. The van der Waals surface area contributed by atoms with Crippen LogP contribution in [0.25, 0.3) is 0 Å². The Balaban J connectivity index is 2.23. The molecule has 1 aliphatic rings. The second-order valence-corrected chi connectivity index (χ2v) is 4.17. The summed E-state index contributed by atoms with van der Waals surface area (Å²) in [6.07, 6.45) is 6.45. The lowest BCUT2D eigenvalue weighted by molar-refractivity contribution is 0.272. The van der Waals surface area contributed by atoms with Gasteiger partial charge in [-0.05, 0) is 37.6 Å². The van der Waals surface area contributed by atoms with Crippen LogP contribution in [0.5, 0.6) is 0 Å². The van der Waals surface area contributed by atoms with E-state index in [-0.39, 0.29) is 0 Å². The van der Waals surface area contributed by atoms with Crippen LogP contribution in [0.4, 0.5) is 0 Å². The Morgan fingerprint density at radius 1 is 1.57 bits per heavy atom. The number of aromatic nitrogens is 1. The topological polar surface area (TPSA) is 16.1 Å². The van der Waals surface area contributed by atoms with Gasteiger partial charge in [-0.1, -0.05) is 19.4 Å². The van der Waals surface area contributed by atoms with Crippen LogP contribution in [0.15, 0.2) is 24.5 Å². The Bertz CT molecular complexity index is 284. The monoisotopic (exact) mass is 190 g/mol. The molecule has 0 radical (unpaired) electrons. The van der Waals surface area contributed by atoms with Crippen LogP contribution in [0.3, 0.4) is 0 Å². The minimum absolute atomic E-state index is 0.591. The molecule has 2 rings (SSSR count). The summed E-state index contributed by atoms with van der Waals surface area (Å²) in [7, 11) is 2.22. The molecule has 0 aliphatic carbocycles. The van der Waals surface area contributed by atoms with E-state index in [4.69, 9.17) is 0 Å². The molecule has 0 amide bonds. The molecule has 0 unspecified atom stereocenters. The standard InChI is InChI=1S/C12H18N2/c1-3-10-6-8-14(2)12(10)11-5-4-7-13-9-11/h4-5,7,9-10,12H,3,6,8H2,1-2H3/t10-,12-/m0/s1. The Hall–Kier alpha value is -0.890. The minimum Gasteiger partial charge on any atom is -0.299 e. The zero-order valence-corrected chi connectivity index (χ0v) is 8.98. The van der Waals surface area contributed by atoms with Gasteiger partial charge in [-0.3, -0.25) is 9.88 Å². The van der Waals surface area contributed by atoms with Crippen LogP contribution < -0.4 is 0 Å². The number of nitrogens with zero attached hydrogens (tertiary/aromatic N) is 2. The van der Waals surface area contributed by atoms with Gasteiger partial charge in [0.05, 0.1) is 0 Å². The fraction of sp³-hybridized carbons (Fsp3) is 0.583. The second-order valence-electron chi connectivity index (χ2n) is 4.17. The molecule has 0 aromatic carbocycles. The van der Waals surface area contributed by atoms with Gasteiger partial charge in [0.25, 0.3) is 0 Å². The van der Waals surface area contributed by atoms with E-state index in [0.29, 0.717) is 6.04 Å². The van der Waals surface area contributed by atoms with Gasteiger partial charge < -0.3 is 0 Å². The molecule has 0 saturated carbocycles. The van der Waals surface area contributed by atoms with E-state index >= 15 is 0 Å². The van der Waals surface area contributed by atoms with Crippen LogP contribution in [-0.2, 0) is 0 Å². The van der Waals surface area contributed by atoms with Gasteiger partial charge in [0.1, 0.15) is 0 Å². The molecule has 14 heavy (non-hydrogen) atoms. The van der Waals surface area contributed by atoms with Gasteiger partial charge >= 0.3 is 0 Å². The summed E-state index contributed by atoms with van der Waals surface area (Å²) >= 11 is 0. The highest BCUT2D eigenvalue weighted by Crippen LogP contribution is 2.37. The van der Waals surface area contributed by atoms with E-state index in [1.807, 2.05) is 18.5 Å². The maximum Gasteiger partial charge on any atom is 0.0388 e. The smallest absolute Gasteiger partial charge is 0.0388 e. The van der Waals surface area contributed by atoms with Crippen molar-refractivity contribution in [3.8, 4) is 0 Å². The summed E-state index contributed by atoms with van der Waals surface area (Å²) in [4.78, 5) is 6.66. The third kappa shape index (κ3) is 1.67. The quantitative estimate of drug-likeness (QED) is 0.712. The van der Waals surface area contributed by atoms with Crippen molar-refractivity contribution >= 4 is 0 Å². The SMILES string of the molecule is CC[C@H]1CCN(C)[C@@H]1c1cccnc1. The lowest BCUT2D eigenvalue weighted by Gasteiger charge is -2.24. The molecule has 2 atom stereocenters. The third-order valence-electron chi connectivity index (χ3n) is 3.32. The first-order valence-corrected chi connectivity index (χ1v) is 5.43. The maximum atomic E-state index is 4.21. The average Bonchev–Trinajstić information content (AvgIpc) is 2.61. The van der Waals surface area contributed by atoms with Crippen molar-refractivity contribution in [2.24, 2.45) is 5.92 Å². The summed E-state index contributed by atoms with van der Waals surface area (Å²) in [5.74, 6) is 0.809. The van der Waals surface area contributed by atoms with E-state index in [1.165, 1.54) is 24.9 Å². The Morgan fingerprint density at radius 2 is 2.43 bits per heavy atom. The summed E-state index contributed by atoms with van der Waals surface area (Å²) in [5, 5.41) is 0. The van der Waals surface area contributed by atoms with Crippen molar-refractivity contribution in [2.45, 2.75) is 25.8 Å². The summed E-state index contributed by atoms with van der Waals surface area (Å²) < 4.78 is 0. The predicted molar refractivity (Wildman–Crippen MR) is 58.0 cm³/mol. The van der Waals surface area contributed by atoms with E-state index in [9.17, 15) is 0 Å². The zero-order chi connectivity index (χ0) is 9.97. The number of rotatable bonds is 2.